The van der Waals surface area contributed by atoms with Crippen LogP contribution in [0, 0.1) is 0 Å². The van der Waals surface area contributed by atoms with Crippen LogP contribution in [0.3, 0.4) is 0 Å². The Morgan fingerprint density at radius 2 is 1.71 bits per heavy atom. The fraction of sp³-hybridized carbons (Fsp3) is 0.167. The summed E-state index contributed by atoms with van der Waals surface area (Å²) in [7, 11) is 3.45. The van der Waals surface area contributed by atoms with E-state index >= 15 is 0 Å². The first-order valence-corrected chi connectivity index (χ1v) is 11.1. The van der Waals surface area contributed by atoms with Crippen LogP contribution < -0.4 is 9.64 Å². The summed E-state index contributed by atoms with van der Waals surface area (Å²) >= 11 is 18.5. The normalized spacial score (nSPS) is 11.3. The van der Waals surface area contributed by atoms with Gasteiger partial charge in [0.05, 0.1) is 17.8 Å². The molecule has 2 aromatic carbocycles. The van der Waals surface area contributed by atoms with Crippen molar-refractivity contribution in [3.05, 3.63) is 81.2 Å². The molecule has 0 radical (unpaired) electrons. The second kappa shape index (κ2) is 11.3. The van der Waals surface area contributed by atoms with Crippen molar-refractivity contribution in [3.8, 4) is 17.0 Å². The van der Waals surface area contributed by atoms with Gasteiger partial charge in [0.15, 0.2) is 0 Å². The highest BCUT2D eigenvalue weighted by atomic mass is 35.5. The topological polar surface area (TPSA) is 92.6 Å². The molecule has 7 nitrogen and oxygen atoms in total. The number of hydrogen-bond acceptors (Lipinski definition) is 6. The van der Waals surface area contributed by atoms with Gasteiger partial charge in [0.25, 0.3) is 0 Å². The van der Waals surface area contributed by atoms with E-state index in [1.54, 1.807) is 25.3 Å². The third-order valence-corrected chi connectivity index (χ3v) is 5.74. The van der Waals surface area contributed by atoms with Crippen LogP contribution in [0.25, 0.3) is 11.3 Å². The third-order valence-electron chi connectivity index (χ3n) is 4.94. The number of halogens is 3. The standard InChI is InChI=1S/C24H20Cl3N3O4/c1-30(17-5-7-18(34-2)8-6-17)9-3-4-19(24(32)33)23(31)22-20(27)21(28-13-29-22)14-10-15(25)12-16(26)11-14/h4-8,10-13H,3,9H2,1-2H3,(H,32,33). The molecule has 0 aliphatic heterocycles. The van der Waals surface area contributed by atoms with E-state index in [1.165, 1.54) is 6.08 Å². The molecule has 3 rings (SSSR count). The number of benzene rings is 2. The number of methoxy groups -OCH3 is 1. The molecule has 176 valence electrons. The summed E-state index contributed by atoms with van der Waals surface area (Å²) in [5.41, 5.74) is 0.953. The van der Waals surface area contributed by atoms with Gasteiger partial charge in [-0.15, -0.1) is 0 Å². The van der Waals surface area contributed by atoms with Gasteiger partial charge >= 0.3 is 5.97 Å². The number of carbonyl (C=O) groups excluding carboxylic acids is 1. The smallest absolute Gasteiger partial charge is 0.339 e. The summed E-state index contributed by atoms with van der Waals surface area (Å²) in [5.74, 6) is -1.46. The minimum absolute atomic E-state index is 0.0895. The lowest BCUT2D eigenvalue weighted by atomic mass is 10.0. The predicted molar refractivity (Wildman–Crippen MR) is 133 cm³/mol. The van der Waals surface area contributed by atoms with Crippen molar-refractivity contribution in [3.63, 3.8) is 0 Å². The van der Waals surface area contributed by atoms with Gasteiger partial charge in [-0.1, -0.05) is 40.9 Å². The van der Waals surface area contributed by atoms with Crippen molar-refractivity contribution in [2.75, 3.05) is 25.6 Å². The fourth-order valence-electron chi connectivity index (χ4n) is 3.19. The third kappa shape index (κ3) is 6.05. The van der Waals surface area contributed by atoms with Crippen LogP contribution in [-0.4, -0.2) is 47.5 Å². The molecular weight excluding hydrogens is 501 g/mol. The molecule has 3 aromatic rings. The summed E-state index contributed by atoms with van der Waals surface area (Å²) < 4.78 is 5.15. The molecule has 0 saturated heterocycles. The van der Waals surface area contributed by atoms with Gasteiger partial charge in [0, 0.05) is 34.9 Å². The molecule has 0 aliphatic carbocycles. The first kappa shape index (κ1) is 25.5. The molecule has 0 atom stereocenters. The molecule has 0 spiro atoms. The van der Waals surface area contributed by atoms with E-state index in [1.807, 2.05) is 36.2 Å². The number of ether oxygens (including phenoxy) is 1. The fourth-order valence-corrected chi connectivity index (χ4v) is 4.01. The molecule has 0 unspecified atom stereocenters. The van der Waals surface area contributed by atoms with Crippen molar-refractivity contribution in [2.24, 2.45) is 0 Å². The van der Waals surface area contributed by atoms with Crippen molar-refractivity contribution in [1.29, 1.82) is 0 Å². The van der Waals surface area contributed by atoms with Gasteiger partial charge in [0.1, 0.15) is 23.3 Å². The summed E-state index contributed by atoms with van der Waals surface area (Å²) in [6.45, 7) is 0.472. The zero-order valence-electron chi connectivity index (χ0n) is 18.3. The molecular formula is C24H20Cl3N3O4. The molecule has 1 heterocycles. The Hall–Kier alpha value is -3.13. The maximum atomic E-state index is 13.0. The Morgan fingerprint density at radius 1 is 1.06 bits per heavy atom. The number of carboxylic acids is 1. The maximum absolute atomic E-state index is 13.0. The lowest BCUT2D eigenvalue weighted by molar-refractivity contribution is -0.132. The van der Waals surface area contributed by atoms with Crippen molar-refractivity contribution in [1.82, 2.24) is 9.97 Å². The molecule has 1 N–H and O–H groups in total. The second-order valence-electron chi connectivity index (χ2n) is 7.20. The number of rotatable bonds is 9. The van der Waals surface area contributed by atoms with Gasteiger partial charge in [0.2, 0.25) is 5.78 Å². The maximum Gasteiger partial charge on any atom is 0.339 e. The molecule has 10 heteroatoms. The lowest BCUT2D eigenvalue weighted by Crippen LogP contribution is -2.19. The molecule has 0 saturated carbocycles. The molecule has 0 fully saturated rings. The summed E-state index contributed by atoms with van der Waals surface area (Å²) in [6.07, 6.45) is 2.80. The van der Waals surface area contributed by atoms with Gasteiger partial charge in [-0.3, -0.25) is 4.79 Å². The van der Waals surface area contributed by atoms with Crippen molar-refractivity contribution >= 4 is 52.2 Å². The number of ketones is 1. The van der Waals surface area contributed by atoms with Gasteiger partial charge in [-0.05, 0) is 48.9 Å². The minimum atomic E-state index is -1.38. The minimum Gasteiger partial charge on any atom is -0.497 e. The van der Waals surface area contributed by atoms with E-state index in [0.29, 0.717) is 28.6 Å². The van der Waals surface area contributed by atoms with Crippen LogP contribution in [0.5, 0.6) is 5.75 Å². The number of anilines is 1. The predicted octanol–water partition coefficient (Wildman–Crippen LogP) is 5.83. The highest BCUT2D eigenvalue weighted by Crippen LogP contribution is 2.32. The monoisotopic (exact) mass is 519 g/mol. The molecule has 1 aromatic heterocycles. The molecule has 0 amide bonds. The van der Waals surface area contributed by atoms with Crippen molar-refractivity contribution in [2.45, 2.75) is 6.42 Å². The van der Waals surface area contributed by atoms with Crippen LogP contribution in [0.2, 0.25) is 15.1 Å². The number of aliphatic carboxylic acids is 1. The molecule has 0 bridgehead atoms. The first-order chi connectivity index (χ1) is 16.2. The quantitative estimate of drug-likeness (QED) is 0.164. The Balaban J connectivity index is 1.82. The number of carboxylic acid groups (broad SMARTS) is 1. The van der Waals surface area contributed by atoms with Gasteiger partial charge in [-0.2, -0.15) is 0 Å². The average molecular weight is 521 g/mol. The number of Topliss-reactive ketones (excluding diaryl/α,β-unsaturated/α-hetero) is 1. The summed E-state index contributed by atoms with van der Waals surface area (Å²) in [6, 6.07) is 12.1. The van der Waals surface area contributed by atoms with Crippen LogP contribution in [0.15, 0.2) is 60.4 Å². The van der Waals surface area contributed by atoms with E-state index in [2.05, 4.69) is 9.97 Å². The SMILES string of the molecule is COc1ccc(N(C)CCC=C(C(=O)O)C(=O)c2ncnc(-c3cc(Cl)cc(Cl)c3)c2Cl)cc1. The van der Waals surface area contributed by atoms with Crippen LogP contribution in [0.1, 0.15) is 16.9 Å². The van der Waals surface area contributed by atoms with Crippen LogP contribution >= 0.6 is 34.8 Å². The Kier molecular flexibility index (Phi) is 8.50. The summed E-state index contributed by atoms with van der Waals surface area (Å²) in [4.78, 5) is 34.9. The number of nitrogens with zero attached hydrogens (tertiary/aromatic N) is 3. The zero-order chi connectivity index (χ0) is 24.8. The highest BCUT2D eigenvalue weighted by molar-refractivity contribution is 6.39. The highest BCUT2D eigenvalue weighted by Gasteiger charge is 2.25. The second-order valence-corrected chi connectivity index (χ2v) is 8.45. The van der Waals surface area contributed by atoms with E-state index in [0.717, 1.165) is 17.8 Å². The van der Waals surface area contributed by atoms with E-state index in [9.17, 15) is 14.7 Å². The number of hydrogen-bond donors (Lipinski definition) is 1. The van der Waals surface area contributed by atoms with Gasteiger partial charge < -0.3 is 14.7 Å². The number of aromatic nitrogens is 2. The van der Waals surface area contributed by atoms with Gasteiger partial charge in [-0.25, -0.2) is 14.8 Å². The molecule has 0 aliphatic rings. The van der Waals surface area contributed by atoms with Crippen LogP contribution in [-0.2, 0) is 4.79 Å². The Bertz CT molecular complexity index is 1230. The zero-order valence-corrected chi connectivity index (χ0v) is 20.5. The van der Waals surface area contributed by atoms with Crippen molar-refractivity contribution < 1.29 is 19.4 Å². The first-order valence-electron chi connectivity index (χ1n) is 10.0. The molecule has 34 heavy (non-hydrogen) atoms. The van der Waals surface area contributed by atoms with E-state index in [-0.39, 0.29) is 16.4 Å². The van der Waals surface area contributed by atoms with Crippen LogP contribution in [0.4, 0.5) is 5.69 Å². The van der Waals surface area contributed by atoms with E-state index in [4.69, 9.17) is 39.5 Å². The lowest BCUT2D eigenvalue weighted by Gasteiger charge is -2.18. The average Bonchev–Trinajstić information content (AvgIpc) is 2.80. The Morgan fingerprint density at radius 3 is 2.29 bits per heavy atom. The number of carbonyl (C=O) groups is 2. The largest absolute Gasteiger partial charge is 0.497 e. The summed E-state index contributed by atoms with van der Waals surface area (Å²) in [5, 5.41) is 10.3. The van der Waals surface area contributed by atoms with E-state index < -0.39 is 17.3 Å². The Labute approximate surface area is 211 Å².